The van der Waals surface area contributed by atoms with Gasteiger partial charge in [-0.3, -0.25) is 19.3 Å². The third kappa shape index (κ3) is 4.23. The van der Waals surface area contributed by atoms with E-state index in [1.54, 1.807) is 24.3 Å². The van der Waals surface area contributed by atoms with Gasteiger partial charge in [0.05, 0.1) is 17.6 Å². The molecule has 3 amide bonds. The lowest BCUT2D eigenvalue weighted by Gasteiger charge is -2.47. The van der Waals surface area contributed by atoms with E-state index in [0.29, 0.717) is 30.7 Å². The van der Waals surface area contributed by atoms with Crippen LogP contribution >= 0.6 is 0 Å². The second-order valence-corrected chi connectivity index (χ2v) is 9.81. The van der Waals surface area contributed by atoms with E-state index in [0.717, 1.165) is 0 Å². The molecule has 1 heterocycles. The van der Waals surface area contributed by atoms with Gasteiger partial charge in [-0.05, 0) is 48.4 Å². The van der Waals surface area contributed by atoms with E-state index in [1.807, 2.05) is 34.6 Å². The second kappa shape index (κ2) is 8.44. The van der Waals surface area contributed by atoms with Crippen molar-refractivity contribution in [1.82, 2.24) is 4.90 Å². The van der Waals surface area contributed by atoms with Crippen molar-refractivity contribution in [2.75, 3.05) is 18.5 Å². The summed E-state index contributed by atoms with van der Waals surface area (Å²) in [5.41, 5.74) is 0.0180. The number of esters is 1. The minimum absolute atomic E-state index is 0.0267. The van der Waals surface area contributed by atoms with Gasteiger partial charge in [-0.25, -0.2) is 4.79 Å². The van der Waals surface area contributed by atoms with Gasteiger partial charge in [-0.2, -0.15) is 0 Å². The average molecular weight is 429 g/mol. The normalized spacial score (nSPS) is 24.5. The Kier molecular flexibility index (Phi) is 6.25. The number of amides is 3. The fourth-order valence-corrected chi connectivity index (χ4v) is 4.57. The van der Waals surface area contributed by atoms with Crippen LogP contribution in [-0.2, 0) is 19.1 Å². The molecule has 1 saturated carbocycles. The molecular weight excluding hydrogens is 396 g/mol. The number of nitrogens with one attached hydrogen (secondary N) is 1. The van der Waals surface area contributed by atoms with Crippen LogP contribution in [0.2, 0.25) is 0 Å². The Bertz CT molecular complexity index is 890. The number of rotatable bonds is 7. The van der Waals surface area contributed by atoms with Crippen LogP contribution in [0.3, 0.4) is 0 Å². The summed E-state index contributed by atoms with van der Waals surface area (Å²) in [5.74, 6) is -0.959. The summed E-state index contributed by atoms with van der Waals surface area (Å²) >= 11 is 0. The average Bonchev–Trinajstić information content (AvgIpc) is 2.90. The monoisotopic (exact) mass is 428 g/mol. The molecule has 2 bridgehead atoms. The van der Waals surface area contributed by atoms with E-state index in [-0.39, 0.29) is 47.9 Å². The molecule has 1 aliphatic heterocycles. The molecule has 0 radical (unpaired) electrons. The lowest BCUT2D eigenvalue weighted by molar-refractivity contribution is -0.167. The van der Waals surface area contributed by atoms with Gasteiger partial charge in [0.1, 0.15) is 0 Å². The number of carbonyl (C=O) groups excluding carboxylic acids is 4. The molecule has 1 saturated heterocycles. The summed E-state index contributed by atoms with van der Waals surface area (Å²) in [4.78, 5) is 51.5. The van der Waals surface area contributed by atoms with Gasteiger partial charge in [0.15, 0.2) is 0 Å². The van der Waals surface area contributed by atoms with E-state index in [1.165, 1.54) is 4.90 Å². The molecule has 1 N–H and O–H groups in total. The van der Waals surface area contributed by atoms with Crippen LogP contribution in [0.15, 0.2) is 24.3 Å². The molecular formula is C24H32N2O5. The lowest BCUT2D eigenvalue weighted by Crippen LogP contribution is -2.59. The molecule has 1 aliphatic carbocycles. The topological polar surface area (TPSA) is 92.8 Å². The van der Waals surface area contributed by atoms with Gasteiger partial charge in [-0.15, -0.1) is 0 Å². The minimum Gasteiger partial charge on any atom is -0.462 e. The maximum absolute atomic E-state index is 13.0. The maximum atomic E-state index is 13.0. The van der Waals surface area contributed by atoms with E-state index >= 15 is 0 Å². The predicted molar refractivity (Wildman–Crippen MR) is 116 cm³/mol. The molecule has 2 atom stereocenters. The fraction of sp³-hybridized carbons (Fsp3) is 0.583. The Hall–Kier alpha value is -2.70. The molecule has 2 aliphatic rings. The summed E-state index contributed by atoms with van der Waals surface area (Å²) in [7, 11) is 0. The number of ether oxygens (including phenoxy) is 1. The van der Waals surface area contributed by atoms with Crippen LogP contribution in [0.25, 0.3) is 0 Å². The Labute approximate surface area is 183 Å². The number of hydrogen-bond donors (Lipinski definition) is 1. The van der Waals surface area contributed by atoms with Gasteiger partial charge >= 0.3 is 5.97 Å². The first-order chi connectivity index (χ1) is 14.5. The van der Waals surface area contributed by atoms with Crippen LogP contribution in [0.1, 0.15) is 64.2 Å². The van der Waals surface area contributed by atoms with Crippen molar-refractivity contribution in [2.24, 2.45) is 22.7 Å². The van der Waals surface area contributed by atoms with Crippen LogP contribution in [0.5, 0.6) is 0 Å². The van der Waals surface area contributed by atoms with Crippen molar-refractivity contribution in [3.05, 3.63) is 29.8 Å². The summed E-state index contributed by atoms with van der Waals surface area (Å²) < 4.78 is 5.19. The zero-order valence-electron chi connectivity index (χ0n) is 19.0. The number of nitrogens with zero attached hydrogens (tertiary/aromatic N) is 1. The number of likely N-dealkylation sites (tertiary alicyclic amines) is 1. The van der Waals surface area contributed by atoms with Crippen molar-refractivity contribution in [3.63, 3.8) is 0 Å². The van der Waals surface area contributed by atoms with Gasteiger partial charge < -0.3 is 10.1 Å². The first-order valence-electron chi connectivity index (χ1n) is 10.9. The molecule has 2 unspecified atom stereocenters. The summed E-state index contributed by atoms with van der Waals surface area (Å²) in [6.07, 6.45) is 1.44. The fourth-order valence-electron chi connectivity index (χ4n) is 4.57. The Morgan fingerprint density at radius 2 is 1.81 bits per heavy atom. The molecule has 2 fully saturated rings. The van der Waals surface area contributed by atoms with E-state index < -0.39 is 11.4 Å². The maximum Gasteiger partial charge on any atom is 0.338 e. The molecule has 168 valence electrons. The predicted octanol–water partition coefficient (Wildman–Crippen LogP) is 3.64. The van der Waals surface area contributed by atoms with Crippen LogP contribution in [0.4, 0.5) is 5.69 Å². The first-order valence-corrected chi connectivity index (χ1v) is 10.9. The highest BCUT2D eigenvalue weighted by molar-refractivity contribution is 6.04. The number of benzene rings is 1. The molecule has 0 aromatic heterocycles. The highest BCUT2D eigenvalue weighted by Gasteiger charge is 2.64. The molecule has 7 heteroatoms. The van der Waals surface area contributed by atoms with Crippen molar-refractivity contribution >= 4 is 29.4 Å². The van der Waals surface area contributed by atoms with E-state index in [9.17, 15) is 19.2 Å². The smallest absolute Gasteiger partial charge is 0.338 e. The number of hydrogen-bond acceptors (Lipinski definition) is 5. The lowest BCUT2D eigenvalue weighted by atomic mass is 9.62. The summed E-state index contributed by atoms with van der Waals surface area (Å²) in [6.45, 7) is 10.3. The van der Waals surface area contributed by atoms with Crippen LogP contribution in [0, 0.1) is 22.7 Å². The van der Waals surface area contributed by atoms with E-state index in [4.69, 9.17) is 4.74 Å². The summed E-state index contributed by atoms with van der Waals surface area (Å²) in [5, 5.41) is 2.75. The molecule has 7 nitrogen and oxygen atoms in total. The van der Waals surface area contributed by atoms with Crippen molar-refractivity contribution in [3.8, 4) is 0 Å². The van der Waals surface area contributed by atoms with Gasteiger partial charge in [0.2, 0.25) is 17.7 Å². The number of anilines is 1. The van der Waals surface area contributed by atoms with E-state index in [2.05, 4.69) is 5.32 Å². The molecule has 3 rings (SSSR count). The second-order valence-electron chi connectivity index (χ2n) is 9.81. The Balaban J connectivity index is 1.55. The summed E-state index contributed by atoms with van der Waals surface area (Å²) in [6, 6.07) is 6.45. The number of carbonyl (C=O) groups is 4. The Morgan fingerprint density at radius 3 is 2.42 bits per heavy atom. The van der Waals surface area contributed by atoms with Crippen molar-refractivity contribution < 1.29 is 23.9 Å². The standard InChI is InChI=1S/C24H32N2O5/c1-15(2)14-31-21(29)16-6-8-17(9-7-16)25-19(27)11-13-26-20(28)18-10-12-24(5,22(26)30)23(18,3)4/h6-9,15,18H,10-14H2,1-5H3,(H,25,27). The highest BCUT2D eigenvalue weighted by atomic mass is 16.5. The number of imide groups is 1. The van der Waals surface area contributed by atoms with Gasteiger partial charge in [0, 0.05) is 24.6 Å². The molecule has 1 aromatic rings. The Morgan fingerprint density at radius 1 is 1.16 bits per heavy atom. The van der Waals surface area contributed by atoms with Gasteiger partial charge in [-0.1, -0.05) is 34.6 Å². The third-order valence-corrected chi connectivity index (χ3v) is 7.02. The number of fused-ring (bicyclic) bond motifs is 2. The zero-order chi connectivity index (χ0) is 23.0. The third-order valence-electron chi connectivity index (χ3n) is 7.02. The molecule has 1 aromatic carbocycles. The quantitative estimate of drug-likeness (QED) is 0.529. The molecule has 0 spiro atoms. The number of piperidine rings is 1. The van der Waals surface area contributed by atoms with Crippen molar-refractivity contribution in [2.45, 2.75) is 53.9 Å². The largest absolute Gasteiger partial charge is 0.462 e. The SMILES string of the molecule is CC(C)COC(=O)c1ccc(NC(=O)CCN2C(=O)C3CCC(C)(C2=O)C3(C)C)cc1. The molecule has 31 heavy (non-hydrogen) atoms. The minimum atomic E-state index is -0.567. The zero-order valence-corrected chi connectivity index (χ0v) is 19.0. The van der Waals surface area contributed by atoms with Crippen molar-refractivity contribution in [1.29, 1.82) is 0 Å². The van der Waals surface area contributed by atoms with Crippen LogP contribution in [-0.4, -0.2) is 41.7 Å². The first kappa shape index (κ1) is 23.0. The van der Waals surface area contributed by atoms with Crippen LogP contribution < -0.4 is 5.32 Å². The highest BCUT2D eigenvalue weighted by Crippen LogP contribution is 2.60. The van der Waals surface area contributed by atoms with Gasteiger partial charge in [0.25, 0.3) is 0 Å².